The number of carbonyl (C=O) groups is 1. The monoisotopic (exact) mass is 332 g/mol. The number of ketones is 1. The van der Waals surface area contributed by atoms with Crippen molar-refractivity contribution in [2.24, 2.45) is 0 Å². The first-order valence-corrected chi connectivity index (χ1v) is 8.68. The molecule has 2 aromatic carbocycles. The Hall–Kier alpha value is -2.65. The Bertz CT molecular complexity index is 888. The highest BCUT2D eigenvalue weighted by Crippen LogP contribution is 2.21. The number of aromatic nitrogens is 1. The second-order valence-electron chi connectivity index (χ2n) is 6.39. The van der Waals surface area contributed by atoms with Gasteiger partial charge in [-0.3, -0.25) is 4.79 Å². The number of hydrogen-bond acceptors (Lipinski definition) is 2. The molecule has 0 unspecified atom stereocenters. The number of benzene rings is 2. The predicted molar refractivity (Wildman–Crippen MR) is 105 cm³/mol. The number of fused-ring (bicyclic) bond motifs is 1. The van der Waals surface area contributed by atoms with E-state index in [2.05, 4.69) is 53.6 Å². The number of nitrogens with one attached hydrogen (secondary N) is 2. The van der Waals surface area contributed by atoms with Gasteiger partial charge in [0.15, 0.2) is 5.78 Å². The second-order valence-corrected chi connectivity index (χ2v) is 6.39. The molecule has 3 nitrogen and oxygen atoms in total. The summed E-state index contributed by atoms with van der Waals surface area (Å²) in [7, 11) is 0. The molecule has 3 heteroatoms. The molecule has 0 bridgehead atoms. The van der Waals surface area contributed by atoms with Gasteiger partial charge in [0.05, 0.1) is 0 Å². The third kappa shape index (κ3) is 4.46. The Kier molecular flexibility index (Phi) is 5.46. The lowest BCUT2D eigenvalue weighted by Crippen LogP contribution is -2.16. The van der Waals surface area contributed by atoms with Crippen molar-refractivity contribution in [2.75, 3.05) is 6.54 Å². The van der Waals surface area contributed by atoms with Crippen LogP contribution in [0.25, 0.3) is 17.0 Å². The lowest BCUT2D eigenvalue weighted by atomic mass is 10.1. The first-order valence-electron chi connectivity index (χ1n) is 8.68. The van der Waals surface area contributed by atoms with Gasteiger partial charge < -0.3 is 10.3 Å². The van der Waals surface area contributed by atoms with Gasteiger partial charge in [0.1, 0.15) is 0 Å². The molecule has 25 heavy (non-hydrogen) atoms. The molecular weight excluding hydrogens is 308 g/mol. The topological polar surface area (TPSA) is 44.9 Å². The predicted octanol–water partition coefficient (Wildman–Crippen LogP) is 4.41. The molecule has 1 heterocycles. The normalized spacial score (nSPS) is 11.4. The van der Waals surface area contributed by atoms with E-state index in [1.165, 1.54) is 27.7 Å². The molecule has 2 N–H and O–H groups in total. The highest BCUT2D eigenvalue weighted by Gasteiger charge is 2.07. The van der Waals surface area contributed by atoms with E-state index in [0.717, 1.165) is 25.1 Å². The average Bonchev–Trinajstić information content (AvgIpc) is 2.93. The van der Waals surface area contributed by atoms with Crippen LogP contribution in [0.4, 0.5) is 0 Å². The summed E-state index contributed by atoms with van der Waals surface area (Å²) in [6.45, 7) is 5.49. The fourth-order valence-corrected chi connectivity index (χ4v) is 3.06. The van der Waals surface area contributed by atoms with E-state index in [-0.39, 0.29) is 5.78 Å². The zero-order chi connectivity index (χ0) is 17.6. The van der Waals surface area contributed by atoms with Crippen LogP contribution in [0.15, 0.2) is 54.6 Å². The Labute approximate surface area is 148 Å². The first-order chi connectivity index (χ1) is 12.1. The van der Waals surface area contributed by atoms with Gasteiger partial charge in [-0.1, -0.05) is 48.5 Å². The number of allylic oxidation sites excluding steroid dienone is 1. The van der Waals surface area contributed by atoms with Crippen molar-refractivity contribution in [3.05, 3.63) is 77.0 Å². The van der Waals surface area contributed by atoms with Crippen LogP contribution in [0.1, 0.15) is 29.3 Å². The third-order valence-electron chi connectivity index (χ3n) is 4.40. The molecular formula is C22H24N2O. The number of rotatable bonds is 7. The molecule has 0 atom stereocenters. The Morgan fingerprint density at radius 1 is 1.12 bits per heavy atom. The average molecular weight is 332 g/mol. The molecule has 3 aromatic rings. The van der Waals surface area contributed by atoms with Crippen LogP contribution < -0.4 is 5.32 Å². The second kappa shape index (κ2) is 7.95. The smallest absolute Gasteiger partial charge is 0.152 e. The molecule has 128 valence electrons. The van der Waals surface area contributed by atoms with Crippen LogP contribution in [-0.2, 0) is 17.8 Å². The van der Waals surface area contributed by atoms with Crippen molar-refractivity contribution >= 4 is 22.8 Å². The minimum Gasteiger partial charge on any atom is -0.358 e. The molecule has 0 aliphatic rings. The van der Waals surface area contributed by atoms with E-state index in [1.54, 1.807) is 13.0 Å². The third-order valence-corrected chi connectivity index (χ3v) is 4.40. The molecule has 0 aliphatic heterocycles. The minimum atomic E-state index is 0.0679. The van der Waals surface area contributed by atoms with Gasteiger partial charge >= 0.3 is 0 Å². The van der Waals surface area contributed by atoms with E-state index < -0.39 is 0 Å². The highest BCUT2D eigenvalue weighted by molar-refractivity contribution is 5.91. The molecule has 3 rings (SSSR count). The number of hydrogen-bond donors (Lipinski definition) is 2. The number of H-pyrrole nitrogens is 1. The molecule has 0 saturated carbocycles. The zero-order valence-corrected chi connectivity index (χ0v) is 14.8. The molecule has 0 amide bonds. The van der Waals surface area contributed by atoms with Gasteiger partial charge in [-0.2, -0.15) is 0 Å². The van der Waals surface area contributed by atoms with E-state index in [4.69, 9.17) is 0 Å². The van der Waals surface area contributed by atoms with Gasteiger partial charge in [0.2, 0.25) is 0 Å². The standard InChI is InChI=1S/C22H24N2O/c1-16(25)7-8-18-9-11-19(12-10-18)15-23-14-13-20-17(2)24-22-6-4-3-5-21(20)22/h3-12,23-24H,13-15H2,1-2H3/b8-7+. The van der Waals surface area contributed by atoms with Crippen LogP contribution in [0.2, 0.25) is 0 Å². The molecule has 0 fully saturated rings. The fourth-order valence-electron chi connectivity index (χ4n) is 3.06. The quantitative estimate of drug-likeness (QED) is 0.497. The maximum atomic E-state index is 11.0. The minimum absolute atomic E-state index is 0.0679. The van der Waals surface area contributed by atoms with Crippen molar-refractivity contribution in [2.45, 2.75) is 26.8 Å². The summed E-state index contributed by atoms with van der Waals surface area (Å²) < 4.78 is 0. The van der Waals surface area contributed by atoms with Crippen LogP contribution >= 0.6 is 0 Å². The summed E-state index contributed by atoms with van der Waals surface area (Å²) in [5, 5.41) is 4.84. The van der Waals surface area contributed by atoms with Crippen molar-refractivity contribution in [3.8, 4) is 0 Å². The maximum Gasteiger partial charge on any atom is 0.152 e. The lowest BCUT2D eigenvalue weighted by molar-refractivity contribution is -0.112. The van der Waals surface area contributed by atoms with Gasteiger partial charge in [-0.15, -0.1) is 0 Å². The van der Waals surface area contributed by atoms with E-state index in [0.29, 0.717) is 0 Å². The summed E-state index contributed by atoms with van der Waals surface area (Å²) >= 11 is 0. The van der Waals surface area contributed by atoms with Crippen LogP contribution in [0.3, 0.4) is 0 Å². The Balaban J connectivity index is 1.53. The van der Waals surface area contributed by atoms with E-state index in [1.807, 2.05) is 18.2 Å². The number of para-hydroxylation sites is 1. The SMILES string of the molecule is CC(=O)/C=C/c1ccc(CNCCc2c(C)[nH]c3ccccc23)cc1. The summed E-state index contributed by atoms with van der Waals surface area (Å²) in [5.74, 6) is 0.0679. The molecule has 0 spiro atoms. The van der Waals surface area contributed by atoms with Gasteiger partial charge in [-0.25, -0.2) is 0 Å². The number of carbonyl (C=O) groups excluding carboxylic acids is 1. The van der Waals surface area contributed by atoms with Gasteiger partial charge in [-0.05, 0) is 55.6 Å². The van der Waals surface area contributed by atoms with Crippen LogP contribution in [0, 0.1) is 6.92 Å². The fraction of sp³-hybridized carbons (Fsp3) is 0.227. The van der Waals surface area contributed by atoms with E-state index in [9.17, 15) is 4.79 Å². The van der Waals surface area contributed by atoms with Crippen LogP contribution in [0.5, 0.6) is 0 Å². The van der Waals surface area contributed by atoms with Crippen molar-refractivity contribution < 1.29 is 4.79 Å². The summed E-state index contributed by atoms with van der Waals surface area (Å²) in [4.78, 5) is 14.4. The summed E-state index contributed by atoms with van der Waals surface area (Å²) in [6, 6.07) is 16.8. The molecule has 0 radical (unpaired) electrons. The Morgan fingerprint density at radius 3 is 2.64 bits per heavy atom. The lowest BCUT2D eigenvalue weighted by Gasteiger charge is -2.06. The largest absolute Gasteiger partial charge is 0.358 e. The maximum absolute atomic E-state index is 11.0. The highest BCUT2D eigenvalue weighted by atomic mass is 16.1. The molecule has 0 saturated heterocycles. The molecule has 0 aliphatic carbocycles. The van der Waals surface area contributed by atoms with Crippen molar-refractivity contribution in [3.63, 3.8) is 0 Å². The molecule has 1 aromatic heterocycles. The van der Waals surface area contributed by atoms with Gasteiger partial charge in [0.25, 0.3) is 0 Å². The van der Waals surface area contributed by atoms with Crippen molar-refractivity contribution in [1.82, 2.24) is 10.3 Å². The number of aromatic amines is 1. The van der Waals surface area contributed by atoms with Gasteiger partial charge in [0, 0.05) is 23.1 Å². The Morgan fingerprint density at radius 2 is 1.88 bits per heavy atom. The summed E-state index contributed by atoms with van der Waals surface area (Å²) in [6.07, 6.45) is 4.45. The number of aryl methyl sites for hydroxylation is 1. The summed E-state index contributed by atoms with van der Waals surface area (Å²) in [5.41, 5.74) is 6.16. The van der Waals surface area contributed by atoms with Crippen molar-refractivity contribution in [1.29, 1.82) is 0 Å². The first kappa shape index (κ1) is 17.2. The van der Waals surface area contributed by atoms with Crippen LogP contribution in [-0.4, -0.2) is 17.3 Å². The van der Waals surface area contributed by atoms with E-state index >= 15 is 0 Å². The zero-order valence-electron chi connectivity index (χ0n) is 14.8.